The van der Waals surface area contributed by atoms with Gasteiger partial charge in [0.05, 0.1) is 6.61 Å². The van der Waals surface area contributed by atoms with Crippen LogP contribution in [0.3, 0.4) is 0 Å². The number of benzene rings is 1. The monoisotopic (exact) mass is 302 g/mol. The molecule has 6 heteroatoms. The third kappa shape index (κ3) is 2.75. The summed E-state index contributed by atoms with van der Waals surface area (Å²) in [5, 5.41) is 6.03. The van der Waals surface area contributed by atoms with Crippen molar-refractivity contribution < 1.29 is 13.9 Å². The Kier molecular flexibility index (Phi) is 3.62. The van der Waals surface area contributed by atoms with Crippen molar-refractivity contribution in [3.8, 4) is 17.2 Å². The molecule has 0 spiro atoms. The van der Waals surface area contributed by atoms with Crippen LogP contribution in [0.25, 0.3) is 22.4 Å². The molecule has 2 heterocycles. The molecule has 0 saturated heterocycles. The lowest BCUT2D eigenvalue weighted by atomic mass is 10.2. The van der Waals surface area contributed by atoms with Crippen LogP contribution in [0.2, 0.25) is 0 Å². The summed E-state index contributed by atoms with van der Waals surface area (Å²) in [6.07, 6.45) is 0. The molecule has 0 atom stereocenters. The SMILES string of the molecule is CCOc1cccc2cc(-c3csc(NC(C)=O)n3)oc12. The van der Waals surface area contributed by atoms with Crippen LogP contribution in [-0.4, -0.2) is 17.5 Å². The molecule has 108 valence electrons. The highest BCUT2D eigenvalue weighted by Gasteiger charge is 2.13. The lowest BCUT2D eigenvalue weighted by Crippen LogP contribution is -2.04. The molecule has 3 rings (SSSR count). The maximum absolute atomic E-state index is 11.0. The Hall–Kier alpha value is -2.34. The second kappa shape index (κ2) is 5.57. The summed E-state index contributed by atoms with van der Waals surface area (Å²) in [5.74, 6) is 1.24. The number of aromatic nitrogens is 1. The highest BCUT2D eigenvalue weighted by atomic mass is 32.1. The van der Waals surface area contributed by atoms with Gasteiger partial charge in [-0.15, -0.1) is 11.3 Å². The second-order valence-corrected chi connectivity index (χ2v) is 5.30. The first-order chi connectivity index (χ1) is 10.2. The van der Waals surface area contributed by atoms with E-state index in [0.717, 1.165) is 11.1 Å². The lowest BCUT2D eigenvalue weighted by molar-refractivity contribution is -0.114. The predicted octanol–water partition coefficient (Wildman–Crippen LogP) is 3.91. The number of nitrogens with one attached hydrogen (secondary N) is 1. The second-order valence-electron chi connectivity index (χ2n) is 4.44. The van der Waals surface area contributed by atoms with Gasteiger partial charge < -0.3 is 14.5 Å². The molecule has 0 aliphatic rings. The number of carbonyl (C=O) groups excluding carboxylic acids is 1. The van der Waals surface area contributed by atoms with Crippen molar-refractivity contribution in [1.29, 1.82) is 0 Å². The number of furan rings is 1. The van der Waals surface area contributed by atoms with Gasteiger partial charge in [-0.2, -0.15) is 0 Å². The normalized spacial score (nSPS) is 10.8. The van der Waals surface area contributed by atoms with Crippen molar-refractivity contribution in [2.24, 2.45) is 0 Å². The van der Waals surface area contributed by atoms with E-state index in [1.807, 2.05) is 36.6 Å². The molecule has 5 nitrogen and oxygen atoms in total. The van der Waals surface area contributed by atoms with E-state index in [2.05, 4.69) is 10.3 Å². The third-order valence-corrected chi connectivity index (χ3v) is 3.61. The van der Waals surface area contributed by atoms with Crippen molar-refractivity contribution in [2.45, 2.75) is 13.8 Å². The highest BCUT2D eigenvalue weighted by Crippen LogP contribution is 2.34. The van der Waals surface area contributed by atoms with Crippen LogP contribution < -0.4 is 10.1 Å². The molecule has 3 aromatic rings. The number of fused-ring (bicyclic) bond motifs is 1. The molecule has 1 N–H and O–H groups in total. The average molecular weight is 302 g/mol. The first-order valence-corrected chi connectivity index (χ1v) is 7.44. The van der Waals surface area contributed by atoms with Crippen LogP contribution in [0, 0.1) is 0 Å². The fraction of sp³-hybridized carbons (Fsp3) is 0.200. The number of amides is 1. The fourth-order valence-electron chi connectivity index (χ4n) is 2.03. The van der Waals surface area contributed by atoms with E-state index in [9.17, 15) is 4.79 Å². The van der Waals surface area contributed by atoms with Crippen molar-refractivity contribution >= 4 is 33.3 Å². The molecule has 0 bridgehead atoms. The van der Waals surface area contributed by atoms with Gasteiger partial charge in [0.2, 0.25) is 5.91 Å². The molecule has 21 heavy (non-hydrogen) atoms. The standard InChI is InChI=1S/C15H14N2O3S/c1-3-19-12-6-4-5-10-7-13(20-14(10)12)11-8-21-15(17-11)16-9(2)18/h4-8H,3H2,1-2H3,(H,16,17,18). The van der Waals surface area contributed by atoms with Gasteiger partial charge >= 0.3 is 0 Å². The zero-order chi connectivity index (χ0) is 14.8. The van der Waals surface area contributed by atoms with Crippen LogP contribution in [0.1, 0.15) is 13.8 Å². The van der Waals surface area contributed by atoms with Gasteiger partial charge in [0.25, 0.3) is 0 Å². The van der Waals surface area contributed by atoms with Crippen molar-refractivity contribution in [3.63, 3.8) is 0 Å². The molecule has 0 fully saturated rings. The summed E-state index contributed by atoms with van der Waals surface area (Å²) < 4.78 is 11.4. The molecule has 2 aromatic heterocycles. The van der Waals surface area contributed by atoms with Gasteiger partial charge in [0.15, 0.2) is 22.2 Å². The molecule has 1 aromatic carbocycles. The summed E-state index contributed by atoms with van der Waals surface area (Å²) in [5.41, 5.74) is 1.41. The smallest absolute Gasteiger partial charge is 0.223 e. The topological polar surface area (TPSA) is 64.4 Å². The Balaban J connectivity index is 1.99. The number of hydrogen-bond acceptors (Lipinski definition) is 5. The number of ether oxygens (including phenoxy) is 1. The molecule has 0 aliphatic heterocycles. The minimum absolute atomic E-state index is 0.140. The van der Waals surface area contributed by atoms with Crippen LogP contribution in [0.15, 0.2) is 34.1 Å². The van der Waals surface area contributed by atoms with E-state index in [1.165, 1.54) is 18.3 Å². The predicted molar refractivity (Wildman–Crippen MR) is 82.8 cm³/mol. The first kappa shape index (κ1) is 13.6. The van der Waals surface area contributed by atoms with Gasteiger partial charge in [-0.25, -0.2) is 4.98 Å². The van der Waals surface area contributed by atoms with Crippen LogP contribution in [-0.2, 0) is 4.79 Å². The molecule has 0 radical (unpaired) electrons. The number of nitrogens with zero attached hydrogens (tertiary/aromatic N) is 1. The Morgan fingerprint density at radius 3 is 3.10 bits per heavy atom. The number of anilines is 1. The Morgan fingerprint density at radius 1 is 1.48 bits per heavy atom. The van der Waals surface area contributed by atoms with Crippen LogP contribution >= 0.6 is 11.3 Å². The zero-order valence-corrected chi connectivity index (χ0v) is 12.5. The van der Waals surface area contributed by atoms with Gasteiger partial charge in [-0.1, -0.05) is 12.1 Å². The van der Waals surface area contributed by atoms with Crippen molar-refractivity contribution in [2.75, 3.05) is 11.9 Å². The number of rotatable bonds is 4. The summed E-state index contributed by atoms with van der Waals surface area (Å²) in [6, 6.07) is 7.69. The average Bonchev–Trinajstić information content (AvgIpc) is 3.05. The van der Waals surface area contributed by atoms with Gasteiger partial charge in [-0.3, -0.25) is 4.79 Å². The number of hydrogen-bond donors (Lipinski definition) is 1. The summed E-state index contributed by atoms with van der Waals surface area (Å²) in [6.45, 7) is 3.97. The summed E-state index contributed by atoms with van der Waals surface area (Å²) in [4.78, 5) is 15.4. The molecular formula is C15H14N2O3S. The van der Waals surface area contributed by atoms with Crippen molar-refractivity contribution in [1.82, 2.24) is 4.98 Å². The largest absolute Gasteiger partial charge is 0.490 e. The Labute approximate surface area is 125 Å². The fourth-order valence-corrected chi connectivity index (χ4v) is 2.77. The van der Waals surface area contributed by atoms with Crippen LogP contribution in [0.5, 0.6) is 5.75 Å². The number of thiazole rings is 1. The Morgan fingerprint density at radius 2 is 2.33 bits per heavy atom. The van der Waals surface area contributed by atoms with Gasteiger partial charge in [0.1, 0.15) is 5.69 Å². The van der Waals surface area contributed by atoms with E-state index in [0.29, 0.717) is 28.8 Å². The lowest BCUT2D eigenvalue weighted by Gasteiger charge is -2.02. The van der Waals surface area contributed by atoms with E-state index in [-0.39, 0.29) is 5.91 Å². The molecular weight excluding hydrogens is 288 g/mol. The van der Waals surface area contributed by atoms with E-state index in [1.54, 1.807) is 0 Å². The quantitative estimate of drug-likeness (QED) is 0.793. The van der Waals surface area contributed by atoms with E-state index in [4.69, 9.17) is 9.15 Å². The molecule has 0 aliphatic carbocycles. The zero-order valence-electron chi connectivity index (χ0n) is 11.7. The van der Waals surface area contributed by atoms with E-state index < -0.39 is 0 Å². The summed E-state index contributed by atoms with van der Waals surface area (Å²) >= 11 is 1.36. The highest BCUT2D eigenvalue weighted by molar-refractivity contribution is 7.14. The molecule has 0 saturated carbocycles. The van der Waals surface area contributed by atoms with Gasteiger partial charge in [0, 0.05) is 17.7 Å². The van der Waals surface area contributed by atoms with Crippen molar-refractivity contribution in [3.05, 3.63) is 29.6 Å². The van der Waals surface area contributed by atoms with E-state index >= 15 is 0 Å². The number of carbonyl (C=O) groups is 1. The third-order valence-electron chi connectivity index (χ3n) is 2.85. The number of para-hydroxylation sites is 1. The molecule has 0 unspecified atom stereocenters. The summed E-state index contributed by atoms with van der Waals surface area (Å²) in [7, 11) is 0. The van der Waals surface area contributed by atoms with Crippen LogP contribution in [0.4, 0.5) is 5.13 Å². The maximum atomic E-state index is 11.0. The molecule has 1 amide bonds. The van der Waals surface area contributed by atoms with Gasteiger partial charge in [-0.05, 0) is 19.1 Å². The first-order valence-electron chi connectivity index (χ1n) is 6.56. The maximum Gasteiger partial charge on any atom is 0.223 e. The Bertz CT molecular complexity index is 791. The minimum Gasteiger partial charge on any atom is -0.490 e. The minimum atomic E-state index is -0.140.